The molecule has 2 aromatic rings. The number of carboxylic acids is 1. The van der Waals surface area contributed by atoms with E-state index in [1.807, 2.05) is 0 Å². The molecule has 5 nitrogen and oxygen atoms in total. The third-order valence-corrected chi connectivity index (χ3v) is 4.55. The highest BCUT2D eigenvalue weighted by atomic mass is 32.2. The first kappa shape index (κ1) is 17.0. The van der Waals surface area contributed by atoms with Gasteiger partial charge in [0.05, 0.1) is 17.4 Å². The van der Waals surface area contributed by atoms with E-state index in [2.05, 4.69) is 4.72 Å². The van der Waals surface area contributed by atoms with Crippen molar-refractivity contribution in [1.82, 2.24) is 4.72 Å². The van der Waals surface area contributed by atoms with Gasteiger partial charge in [0, 0.05) is 0 Å². The first-order chi connectivity index (χ1) is 10.8. The Bertz CT molecular complexity index is 809. The molecule has 0 radical (unpaired) electrons. The number of sulfonamides is 1. The summed E-state index contributed by atoms with van der Waals surface area (Å²) < 4.78 is 52.9. The monoisotopic (exact) mass is 341 g/mol. The molecule has 0 spiro atoms. The van der Waals surface area contributed by atoms with Crippen molar-refractivity contribution in [2.45, 2.75) is 17.4 Å². The maximum atomic E-state index is 13.2. The van der Waals surface area contributed by atoms with Gasteiger partial charge in [-0.3, -0.25) is 4.79 Å². The lowest BCUT2D eigenvalue weighted by molar-refractivity contribution is -0.137. The Morgan fingerprint density at radius 2 is 1.74 bits per heavy atom. The molecular formula is C15H13F2NO4S. The number of carboxylic acid groups (broad SMARTS) is 1. The van der Waals surface area contributed by atoms with Crippen LogP contribution in [0, 0.1) is 11.6 Å². The van der Waals surface area contributed by atoms with Gasteiger partial charge in [0.25, 0.3) is 0 Å². The molecule has 2 aromatic carbocycles. The van der Waals surface area contributed by atoms with Crippen molar-refractivity contribution in [3.05, 3.63) is 65.7 Å². The number of nitrogens with one attached hydrogen (secondary N) is 1. The van der Waals surface area contributed by atoms with E-state index in [9.17, 15) is 22.0 Å². The zero-order valence-electron chi connectivity index (χ0n) is 11.7. The van der Waals surface area contributed by atoms with Gasteiger partial charge in [-0.1, -0.05) is 30.3 Å². The van der Waals surface area contributed by atoms with Crippen molar-refractivity contribution >= 4 is 16.0 Å². The van der Waals surface area contributed by atoms with Crippen molar-refractivity contribution in [3.63, 3.8) is 0 Å². The lowest BCUT2D eigenvalue weighted by Crippen LogP contribution is -2.30. The summed E-state index contributed by atoms with van der Waals surface area (Å²) in [6.45, 7) is 0. The zero-order valence-corrected chi connectivity index (χ0v) is 12.6. The van der Waals surface area contributed by atoms with E-state index >= 15 is 0 Å². The van der Waals surface area contributed by atoms with Crippen molar-refractivity contribution in [3.8, 4) is 0 Å². The Balaban J connectivity index is 2.34. The van der Waals surface area contributed by atoms with Crippen LogP contribution >= 0.6 is 0 Å². The van der Waals surface area contributed by atoms with Crippen molar-refractivity contribution in [1.29, 1.82) is 0 Å². The summed E-state index contributed by atoms with van der Waals surface area (Å²) in [5, 5.41) is 8.95. The molecule has 0 unspecified atom stereocenters. The normalized spacial score (nSPS) is 12.8. The fourth-order valence-electron chi connectivity index (χ4n) is 1.99. The summed E-state index contributed by atoms with van der Waals surface area (Å²) in [6, 6.07) is 9.22. The highest BCUT2D eigenvalue weighted by Crippen LogP contribution is 2.21. The number of benzene rings is 2. The maximum absolute atomic E-state index is 13.2. The van der Waals surface area contributed by atoms with E-state index in [0.29, 0.717) is 17.7 Å². The average molecular weight is 341 g/mol. The minimum absolute atomic E-state index is 0.445. The molecule has 23 heavy (non-hydrogen) atoms. The summed E-state index contributed by atoms with van der Waals surface area (Å²) >= 11 is 0. The number of rotatable bonds is 6. The average Bonchev–Trinajstić information content (AvgIpc) is 2.49. The zero-order chi connectivity index (χ0) is 17.0. The first-order valence-electron chi connectivity index (χ1n) is 6.54. The topological polar surface area (TPSA) is 83.5 Å². The predicted molar refractivity (Wildman–Crippen MR) is 78.1 cm³/mol. The van der Waals surface area contributed by atoms with Gasteiger partial charge in [-0.15, -0.1) is 0 Å². The van der Waals surface area contributed by atoms with Gasteiger partial charge < -0.3 is 5.11 Å². The molecule has 0 heterocycles. The third kappa shape index (κ3) is 4.33. The van der Waals surface area contributed by atoms with Gasteiger partial charge in [0.1, 0.15) is 0 Å². The molecule has 0 aromatic heterocycles. The van der Waals surface area contributed by atoms with Crippen LogP contribution in [0.25, 0.3) is 0 Å². The number of aliphatic carboxylic acids is 1. The molecule has 0 amide bonds. The van der Waals surface area contributed by atoms with Crippen LogP contribution in [0.2, 0.25) is 0 Å². The van der Waals surface area contributed by atoms with E-state index in [0.717, 1.165) is 6.07 Å². The fourth-order valence-corrected chi connectivity index (χ4v) is 3.22. The van der Waals surface area contributed by atoms with Crippen molar-refractivity contribution in [2.24, 2.45) is 0 Å². The van der Waals surface area contributed by atoms with E-state index in [1.54, 1.807) is 30.3 Å². The highest BCUT2D eigenvalue weighted by Gasteiger charge is 2.24. The van der Waals surface area contributed by atoms with Gasteiger partial charge in [0.2, 0.25) is 10.0 Å². The summed E-state index contributed by atoms with van der Waals surface area (Å²) in [4.78, 5) is 10.5. The second-order valence-corrected chi connectivity index (χ2v) is 6.47. The number of hydrogen-bond donors (Lipinski definition) is 2. The van der Waals surface area contributed by atoms with Crippen LogP contribution in [0.5, 0.6) is 0 Å². The highest BCUT2D eigenvalue weighted by molar-refractivity contribution is 7.89. The molecule has 0 aliphatic heterocycles. The van der Waals surface area contributed by atoms with Gasteiger partial charge in [-0.05, 0) is 23.8 Å². The predicted octanol–water partition coefficient (Wildman–Crippen LogP) is 2.46. The molecule has 1 atom stereocenters. The van der Waals surface area contributed by atoms with Crippen molar-refractivity contribution in [2.75, 3.05) is 0 Å². The van der Waals surface area contributed by atoms with Crippen LogP contribution in [0.15, 0.2) is 53.4 Å². The molecule has 0 saturated carbocycles. The lowest BCUT2D eigenvalue weighted by Gasteiger charge is -2.17. The molecule has 8 heteroatoms. The Hall–Kier alpha value is -2.32. The second-order valence-electron chi connectivity index (χ2n) is 4.76. The molecule has 2 rings (SSSR count). The van der Waals surface area contributed by atoms with E-state index in [-0.39, 0.29) is 0 Å². The lowest BCUT2D eigenvalue weighted by atomic mass is 10.1. The minimum atomic E-state index is -4.21. The third-order valence-electron chi connectivity index (χ3n) is 3.08. The minimum Gasteiger partial charge on any atom is -0.481 e. The standard InChI is InChI=1S/C15H13F2NO4S/c16-12-7-6-11(8-13(12)17)23(21,22)18-14(9-15(19)20)10-4-2-1-3-5-10/h1-8,14,18H,9H2,(H,19,20)/t14-/m1/s1. The molecule has 122 valence electrons. The van der Waals surface area contributed by atoms with Crippen LogP contribution < -0.4 is 4.72 Å². The van der Waals surface area contributed by atoms with Gasteiger partial charge in [-0.2, -0.15) is 0 Å². The molecule has 0 fully saturated rings. The van der Waals surface area contributed by atoms with Gasteiger partial charge >= 0.3 is 5.97 Å². The van der Waals surface area contributed by atoms with Crippen LogP contribution in [0.3, 0.4) is 0 Å². The first-order valence-corrected chi connectivity index (χ1v) is 8.02. The quantitative estimate of drug-likeness (QED) is 0.845. The number of carbonyl (C=O) groups is 1. The van der Waals surface area contributed by atoms with Gasteiger partial charge in [0.15, 0.2) is 11.6 Å². The smallest absolute Gasteiger partial charge is 0.305 e. The van der Waals surface area contributed by atoms with Crippen LogP contribution in [-0.2, 0) is 14.8 Å². The SMILES string of the molecule is O=C(O)C[C@@H](NS(=O)(=O)c1ccc(F)c(F)c1)c1ccccc1. The molecular weight excluding hydrogens is 328 g/mol. The van der Waals surface area contributed by atoms with Crippen LogP contribution in [0.1, 0.15) is 18.0 Å². The summed E-state index contributed by atoms with van der Waals surface area (Å²) in [5.41, 5.74) is 0.445. The van der Waals surface area contributed by atoms with E-state index in [4.69, 9.17) is 5.11 Å². The largest absolute Gasteiger partial charge is 0.481 e. The fraction of sp³-hybridized carbons (Fsp3) is 0.133. The molecule has 0 saturated heterocycles. The van der Waals surface area contributed by atoms with E-state index in [1.165, 1.54) is 0 Å². The van der Waals surface area contributed by atoms with E-state index < -0.39 is 45.0 Å². The number of halogens is 2. The van der Waals surface area contributed by atoms with Gasteiger partial charge in [-0.25, -0.2) is 21.9 Å². The Labute approximate surface area is 131 Å². The molecule has 0 aliphatic rings. The molecule has 0 aliphatic carbocycles. The summed E-state index contributed by atoms with van der Waals surface area (Å²) in [5.74, 6) is -3.68. The maximum Gasteiger partial charge on any atom is 0.305 e. The Morgan fingerprint density at radius 1 is 1.09 bits per heavy atom. The van der Waals surface area contributed by atoms with Crippen LogP contribution in [-0.4, -0.2) is 19.5 Å². The Morgan fingerprint density at radius 3 is 2.30 bits per heavy atom. The van der Waals surface area contributed by atoms with Crippen LogP contribution in [0.4, 0.5) is 8.78 Å². The Kier molecular flexibility index (Phi) is 5.07. The molecule has 0 bridgehead atoms. The van der Waals surface area contributed by atoms with Crippen molar-refractivity contribution < 1.29 is 27.1 Å². The number of hydrogen-bond acceptors (Lipinski definition) is 3. The summed E-state index contributed by atoms with van der Waals surface area (Å²) in [6.07, 6.45) is -0.493. The summed E-state index contributed by atoms with van der Waals surface area (Å²) in [7, 11) is -4.21. The molecule has 2 N–H and O–H groups in total. The second kappa shape index (κ2) is 6.84.